The highest BCUT2D eigenvalue weighted by Crippen LogP contribution is 2.11. The van der Waals surface area contributed by atoms with Gasteiger partial charge in [0.2, 0.25) is 0 Å². The molecule has 1 aromatic heterocycles. The van der Waals surface area contributed by atoms with Crippen LogP contribution in [0.3, 0.4) is 0 Å². The Bertz CT molecular complexity index is 812. The van der Waals surface area contributed by atoms with Crippen molar-refractivity contribution in [2.75, 3.05) is 0 Å². The Hall–Kier alpha value is -2.99. The highest BCUT2D eigenvalue weighted by Gasteiger charge is 1.96. The lowest BCUT2D eigenvalue weighted by Crippen LogP contribution is -1.86. The van der Waals surface area contributed by atoms with Gasteiger partial charge < -0.3 is 0 Å². The van der Waals surface area contributed by atoms with E-state index in [0.717, 1.165) is 22.3 Å². The predicted octanol–water partition coefficient (Wildman–Crippen LogP) is 3.67. The highest BCUT2D eigenvalue weighted by atomic mass is 14.8. The molecule has 0 bridgehead atoms. The summed E-state index contributed by atoms with van der Waals surface area (Å²) in [7, 11) is 0. The molecule has 0 radical (unpaired) electrons. The number of aromatic nitrogens is 2. The van der Waals surface area contributed by atoms with E-state index in [1.165, 1.54) is 0 Å². The van der Waals surface area contributed by atoms with Crippen molar-refractivity contribution in [1.29, 1.82) is 5.26 Å². The van der Waals surface area contributed by atoms with E-state index in [1.807, 2.05) is 48.6 Å². The second-order valence-corrected chi connectivity index (χ2v) is 4.35. The maximum Gasteiger partial charge on any atom is 0.0991 e. The predicted molar refractivity (Wildman–Crippen MR) is 79.6 cm³/mol. The molecule has 20 heavy (non-hydrogen) atoms. The Kier molecular flexibility index (Phi) is 3.22. The molecule has 0 fully saturated rings. The summed E-state index contributed by atoms with van der Waals surface area (Å²) in [6.07, 6.45) is 5.63. The van der Waals surface area contributed by atoms with E-state index in [-0.39, 0.29) is 0 Å². The van der Waals surface area contributed by atoms with Gasteiger partial charge in [-0.1, -0.05) is 30.3 Å². The Morgan fingerprint density at radius 1 is 0.900 bits per heavy atom. The van der Waals surface area contributed by atoms with Crippen molar-refractivity contribution in [3.63, 3.8) is 0 Å². The zero-order valence-electron chi connectivity index (χ0n) is 10.7. The minimum absolute atomic E-state index is 0.660. The van der Waals surface area contributed by atoms with Gasteiger partial charge in [0.15, 0.2) is 0 Å². The van der Waals surface area contributed by atoms with E-state index in [1.54, 1.807) is 18.3 Å². The van der Waals surface area contributed by atoms with Crippen LogP contribution < -0.4 is 0 Å². The summed E-state index contributed by atoms with van der Waals surface area (Å²) in [6, 6.07) is 17.3. The third kappa shape index (κ3) is 2.55. The van der Waals surface area contributed by atoms with E-state index in [2.05, 4.69) is 16.0 Å². The molecule has 1 heterocycles. The second-order valence-electron chi connectivity index (χ2n) is 4.35. The maximum absolute atomic E-state index is 8.75. The Balaban J connectivity index is 1.88. The molecule has 0 atom stereocenters. The molecule has 0 amide bonds. The Labute approximate surface area is 116 Å². The Morgan fingerprint density at radius 3 is 2.40 bits per heavy atom. The largest absolute Gasteiger partial charge is 0.252 e. The van der Waals surface area contributed by atoms with E-state index in [0.29, 0.717) is 5.56 Å². The number of nitrogens with zero attached hydrogens (tertiary/aromatic N) is 3. The van der Waals surface area contributed by atoms with Gasteiger partial charge in [0.25, 0.3) is 0 Å². The van der Waals surface area contributed by atoms with Crippen LogP contribution in [0, 0.1) is 11.3 Å². The van der Waals surface area contributed by atoms with Crippen molar-refractivity contribution in [2.24, 2.45) is 0 Å². The van der Waals surface area contributed by atoms with E-state index >= 15 is 0 Å². The lowest BCUT2D eigenvalue weighted by atomic mass is 10.1. The fourth-order valence-corrected chi connectivity index (χ4v) is 1.90. The average molecular weight is 257 g/mol. The van der Waals surface area contributed by atoms with Crippen LogP contribution >= 0.6 is 0 Å². The summed E-state index contributed by atoms with van der Waals surface area (Å²) >= 11 is 0. The topological polar surface area (TPSA) is 49.6 Å². The third-order valence-electron chi connectivity index (χ3n) is 2.95. The molecule has 0 saturated heterocycles. The molecule has 0 unspecified atom stereocenters. The average Bonchev–Trinajstić information content (AvgIpc) is 2.53. The minimum atomic E-state index is 0.660. The molecular formula is C17H11N3. The lowest BCUT2D eigenvalue weighted by molar-refractivity contribution is 1.27. The molecule has 0 aliphatic heterocycles. The number of fused-ring (bicyclic) bond motifs is 1. The highest BCUT2D eigenvalue weighted by molar-refractivity contribution is 5.76. The summed E-state index contributed by atoms with van der Waals surface area (Å²) in [4.78, 5) is 8.89. The standard InChI is InChI=1S/C17H11N3/c18-11-14-7-5-13(6-8-14)9-10-15-12-19-16-3-1-2-4-17(16)20-15/h1-10,12H/b10-9+. The van der Waals surface area contributed by atoms with Gasteiger partial charge >= 0.3 is 0 Å². The van der Waals surface area contributed by atoms with Crippen molar-refractivity contribution in [3.8, 4) is 6.07 Å². The van der Waals surface area contributed by atoms with Crippen LogP contribution in [0.4, 0.5) is 0 Å². The SMILES string of the molecule is N#Cc1ccc(/C=C/c2cnc3ccccc3n2)cc1. The molecule has 0 aliphatic carbocycles. The van der Waals surface area contributed by atoms with Gasteiger partial charge in [0.05, 0.1) is 34.6 Å². The molecule has 3 nitrogen and oxygen atoms in total. The first-order valence-corrected chi connectivity index (χ1v) is 6.25. The van der Waals surface area contributed by atoms with Gasteiger partial charge in [-0.2, -0.15) is 5.26 Å². The van der Waals surface area contributed by atoms with Crippen LogP contribution in [-0.2, 0) is 0 Å². The fraction of sp³-hybridized carbons (Fsp3) is 0. The number of para-hydroxylation sites is 2. The van der Waals surface area contributed by atoms with Gasteiger partial charge in [-0.05, 0) is 35.9 Å². The van der Waals surface area contributed by atoms with Crippen LogP contribution in [0.5, 0.6) is 0 Å². The van der Waals surface area contributed by atoms with Crippen molar-refractivity contribution in [1.82, 2.24) is 9.97 Å². The third-order valence-corrected chi connectivity index (χ3v) is 2.95. The van der Waals surface area contributed by atoms with Gasteiger partial charge in [0.1, 0.15) is 0 Å². The molecular weight excluding hydrogens is 246 g/mol. The van der Waals surface area contributed by atoms with Gasteiger partial charge in [-0.15, -0.1) is 0 Å². The van der Waals surface area contributed by atoms with Crippen molar-refractivity contribution in [3.05, 3.63) is 71.5 Å². The Morgan fingerprint density at radius 2 is 1.65 bits per heavy atom. The molecule has 0 spiro atoms. The van der Waals surface area contributed by atoms with Crippen molar-refractivity contribution >= 4 is 23.2 Å². The van der Waals surface area contributed by atoms with E-state index in [9.17, 15) is 0 Å². The lowest BCUT2D eigenvalue weighted by Gasteiger charge is -1.98. The van der Waals surface area contributed by atoms with Gasteiger partial charge in [0, 0.05) is 0 Å². The van der Waals surface area contributed by atoms with Crippen LogP contribution in [0.1, 0.15) is 16.8 Å². The number of hydrogen-bond donors (Lipinski definition) is 0. The van der Waals surface area contributed by atoms with Crippen molar-refractivity contribution < 1.29 is 0 Å². The molecule has 3 aromatic rings. The first-order chi connectivity index (χ1) is 9.85. The summed E-state index contributed by atoms with van der Waals surface area (Å²) in [5.74, 6) is 0. The quantitative estimate of drug-likeness (QED) is 0.703. The monoisotopic (exact) mass is 257 g/mol. The van der Waals surface area contributed by atoms with Crippen molar-refractivity contribution in [2.45, 2.75) is 0 Å². The molecule has 0 saturated carbocycles. The number of nitriles is 1. The minimum Gasteiger partial charge on any atom is -0.252 e. The van der Waals surface area contributed by atoms with E-state index < -0.39 is 0 Å². The van der Waals surface area contributed by atoms with Gasteiger partial charge in [-0.25, -0.2) is 4.98 Å². The number of benzene rings is 2. The fourth-order valence-electron chi connectivity index (χ4n) is 1.90. The first kappa shape index (κ1) is 12.1. The van der Waals surface area contributed by atoms with Gasteiger partial charge in [-0.3, -0.25) is 4.98 Å². The number of hydrogen-bond acceptors (Lipinski definition) is 3. The van der Waals surface area contributed by atoms with Crippen LogP contribution in [0.2, 0.25) is 0 Å². The summed E-state index contributed by atoms with van der Waals surface area (Å²) < 4.78 is 0. The molecule has 3 rings (SSSR count). The zero-order valence-corrected chi connectivity index (χ0v) is 10.7. The van der Waals surface area contributed by atoms with E-state index in [4.69, 9.17) is 5.26 Å². The second kappa shape index (κ2) is 5.33. The van der Waals surface area contributed by atoms with Crippen LogP contribution in [0.25, 0.3) is 23.2 Å². The summed E-state index contributed by atoms with van der Waals surface area (Å²) in [5.41, 5.74) is 4.28. The number of rotatable bonds is 2. The zero-order chi connectivity index (χ0) is 13.8. The normalized spacial score (nSPS) is 10.8. The molecule has 2 aromatic carbocycles. The molecule has 0 aliphatic rings. The molecule has 0 N–H and O–H groups in total. The molecule has 94 valence electrons. The van der Waals surface area contributed by atoms with Crippen LogP contribution in [-0.4, -0.2) is 9.97 Å². The summed E-state index contributed by atoms with van der Waals surface area (Å²) in [6.45, 7) is 0. The first-order valence-electron chi connectivity index (χ1n) is 6.25. The maximum atomic E-state index is 8.75. The summed E-state index contributed by atoms with van der Waals surface area (Å²) in [5, 5.41) is 8.75. The molecule has 3 heteroatoms. The van der Waals surface area contributed by atoms with Crippen LogP contribution in [0.15, 0.2) is 54.7 Å². The smallest absolute Gasteiger partial charge is 0.0991 e.